The van der Waals surface area contributed by atoms with Gasteiger partial charge < -0.3 is 33.5 Å². The van der Waals surface area contributed by atoms with Gasteiger partial charge in [0, 0.05) is 51.2 Å². The zero-order valence-electron chi connectivity index (χ0n) is 44.3. The van der Waals surface area contributed by atoms with E-state index < -0.39 is 18.0 Å². The Morgan fingerprint density at radius 3 is 1.38 bits per heavy atom. The molecule has 0 aliphatic carbocycles. The third-order valence-corrected chi connectivity index (χ3v) is 11.7. The first kappa shape index (κ1) is 65.3. The van der Waals surface area contributed by atoms with Crippen molar-refractivity contribution in [1.82, 2.24) is 4.90 Å². The van der Waals surface area contributed by atoms with E-state index in [1.54, 1.807) is 0 Å². The van der Waals surface area contributed by atoms with Crippen LogP contribution < -0.4 is 0 Å². The van der Waals surface area contributed by atoms with Crippen LogP contribution in [0.15, 0.2) is 36.0 Å². The maximum atomic E-state index is 13.0. The van der Waals surface area contributed by atoms with Crippen molar-refractivity contribution in [3.05, 3.63) is 36.0 Å². The zero-order valence-corrected chi connectivity index (χ0v) is 44.3. The van der Waals surface area contributed by atoms with Crippen molar-refractivity contribution in [1.29, 1.82) is 0 Å². The summed E-state index contributed by atoms with van der Waals surface area (Å²) in [6.07, 6.45) is 34.7. The molecule has 0 bridgehead atoms. The van der Waals surface area contributed by atoms with E-state index in [1.165, 1.54) is 24.8 Å². The highest BCUT2D eigenvalue weighted by Crippen LogP contribution is 2.16. The molecule has 0 aromatic carbocycles. The molecule has 13 heteroatoms. The second-order valence-electron chi connectivity index (χ2n) is 18.7. The minimum absolute atomic E-state index is 0.0272. The number of carbonyl (C=O) groups is 5. The first-order chi connectivity index (χ1) is 33.5. The van der Waals surface area contributed by atoms with E-state index in [-0.39, 0.29) is 82.9 Å². The Labute approximate surface area is 419 Å². The zero-order chi connectivity index (χ0) is 50.8. The van der Waals surface area contributed by atoms with Crippen molar-refractivity contribution in [2.24, 2.45) is 11.8 Å². The maximum Gasteiger partial charge on any atom is 0.508 e. The molecule has 0 spiro atoms. The van der Waals surface area contributed by atoms with E-state index in [9.17, 15) is 29.1 Å². The Kier molecular flexibility index (Phi) is 46.6. The molecule has 0 heterocycles. The third kappa shape index (κ3) is 46.4. The molecule has 0 rings (SSSR count). The van der Waals surface area contributed by atoms with Crippen LogP contribution in [0.4, 0.5) is 4.79 Å². The number of aliphatic hydroxyl groups excluding tert-OH is 1. The van der Waals surface area contributed by atoms with Gasteiger partial charge in [-0.15, -0.1) is 0 Å². The van der Waals surface area contributed by atoms with Gasteiger partial charge in [0.2, 0.25) is 0 Å². The average molecular weight is 978 g/mol. The minimum atomic E-state index is -0.874. The lowest BCUT2D eigenvalue weighted by Crippen LogP contribution is -2.29. The number of rotatable bonds is 48. The molecule has 0 aliphatic heterocycles. The monoisotopic (exact) mass is 978 g/mol. The van der Waals surface area contributed by atoms with Gasteiger partial charge >= 0.3 is 30.0 Å². The first-order valence-corrected chi connectivity index (χ1v) is 27.2. The number of esters is 4. The Hall–Kier alpha value is -3.71. The number of hydrogen-bond acceptors (Lipinski definition) is 13. The molecule has 0 aromatic rings. The van der Waals surface area contributed by atoms with Crippen LogP contribution in [0.1, 0.15) is 214 Å². The summed E-state index contributed by atoms with van der Waals surface area (Å²) in [5.41, 5.74) is 1.18. The summed E-state index contributed by atoms with van der Waals surface area (Å²) >= 11 is 0. The smallest absolute Gasteiger partial charge is 0.465 e. The van der Waals surface area contributed by atoms with Crippen molar-refractivity contribution >= 4 is 30.0 Å². The van der Waals surface area contributed by atoms with Crippen LogP contribution in [-0.2, 0) is 47.6 Å². The number of hydrogen-bond donors (Lipinski definition) is 1. The first-order valence-electron chi connectivity index (χ1n) is 27.2. The van der Waals surface area contributed by atoms with Crippen LogP contribution in [0.3, 0.4) is 0 Å². The summed E-state index contributed by atoms with van der Waals surface area (Å²) in [5.74, 6) is -2.28. The lowest BCUT2D eigenvalue weighted by Gasteiger charge is -2.20. The SMILES string of the molecule is CCCCC/C=C\C/C=C\CCCCCCCC(=O)OCC(COC(=O)CCCC(COC(=O)CCCCCCC)COC(=O)CCCCCCC)COC(=O)OCCCN(CC=C(C)C)CCO. The fourth-order valence-electron chi connectivity index (χ4n) is 7.27. The predicted octanol–water partition coefficient (Wildman–Crippen LogP) is 12.9. The fraction of sp³-hybridized carbons (Fsp3) is 0.804. The normalized spacial score (nSPS) is 11.9. The van der Waals surface area contributed by atoms with Gasteiger partial charge in [-0.05, 0) is 84.5 Å². The number of nitrogens with zero attached hydrogens (tertiary/aromatic N) is 1. The number of allylic oxidation sites excluding steroid dienone is 5. The van der Waals surface area contributed by atoms with Crippen molar-refractivity contribution < 1.29 is 57.5 Å². The van der Waals surface area contributed by atoms with Gasteiger partial charge in [-0.1, -0.05) is 140 Å². The Morgan fingerprint density at radius 1 is 0.464 bits per heavy atom. The standard InChI is InChI=1S/C56H99NO12/c1-6-9-12-15-16-17-18-19-20-21-22-23-24-27-30-36-54(61)67-46-51(48-69-56(63)64-43-32-39-57(41-42-58)40-38-49(4)5)47-68-55(62)37-31-33-50(44-65-52(59)34-28-25-13-10-7-2)45-66-53(60)35-29-26-14-11-8-3/h16-17,19-20,38,50-51,58H,6-15,18,21-37,39-48H2,1-5H3/b17-16-,20-19-. The van der Waals surface area contributed by atoms with Crippen LogP contribution in [0.5, 0.6) is 0 Å². The molecule has 400 valence electrons. The molecule has 0 saturated carbocycles. The molecular formula is C56H99NO12. The highest BCUT2D eigenvalue weighted by Gasteiger charge is 2.20. The third-order valence-electron chi connectivity index (χ3n) is 11.7. The molecule has 0 radical (unpaired) electrons. The topological polar surface area (TPSA) is 164 Å². The van der Waals surface area contributed by atoms with Crippen molar-refractivity contribution in [3.63, 3.8) is 0 Å². The molecule has 1 atom stereocenters. The molecule has 0 amide bonds. The summed E-state index contributed by atoms with van der Waals surface area (Å²) in [5, 5.41) is 9.41. The van der Waals surface area contributed by atoms with E-state index in [0.717, 1.165) is 109 Å². The molecule has 69 heavy (non-hydrogen) atoms. The van der Waals surface area contributed by atoms with E-state index in [2.05, 4.69) is 56.1 Å². The highest BCUT2D eigenvalue weighted by atomic mass is 16.7. The summed E-state index contributed by atoms with van der Waals surface area (Å²) in [7, 11) is 0. The Bertz CT molecular complexity index is 1330. The minimum Gasteiger partial charge on any atom is -0.465 e. The van der Waals surface area contributed by atoms with Gasteiger partial charge in [-0.3, -0.25) is 24.1 Å². The average Bonchev–Trinajstić information content (AvgIpc) is 3.33. The van der Waals surface area contributed by atoms with Crippen LogP contribution in [0.2, 0.25) is 0 Å². The molecule has 0 saturated heterocycles. The highest BCUT2D eigenvalue weighted by molar-refractivity contribution is 5.70. The molecule has 0 aliphatic rings. The summed E-state index contributed by atoms with van der Waals surface area (Å²) in [4.78, 5) is 65.3. The second kappa shape index (κ2) is 49.3. The number of aliphatic hydroxyl groups is 1. The van der Waals surface area contributed by atoms with Gasteiger partial charge in [0.25, 0.3) is 0 Å². The van der Waals surface area contributed by atoms with Crippen LogP contribution >= 0.6 is 0 Å². The fourth-order valence-corrected chi connectivity index (χ4v) is 7.27. The van der Waals surface area contributed by atoms with Gasteiger partial charge in [0.15, 0.2) is 0 Å². The van der Waals surface area contributed by atoms with Crippen LogP contribution in [0, 0.1) is 11.8 Å². The quantitative estimate of drug-likeness (QED) is 0.0265. The lowest BCUT2D eigenvalue weighted by molar-refractivity contribution is -0.152. The van der Waals surface area contributed by atoms with Crippen molar-refractivity contribution in [2.75, 3.05) is 65.9 Å². The van der Waals surface area contributed by atoms with Crippen molar-refractivity contribution in [2.45, 2.75) is 214 Å². The van der Waals surface area contributed by atoms with E-state index in [4.69, 9.17) is 28.4 Å². The lowest BCUT2D eigenvalue weighted by atomic mass is 10.0. The van der Waals surface area contributed by atoms with Crippen LogP contribution in [-0.4, -0.2) is 106 Å². The molecule has 0 aromatic heterocycles. The number of unbranched alkanes of at least 4 members (excludes halogenated alkanes) is 16. The second-order valence-corrected chi connectivity index (χ2v) is 18.7. The predicted molar refractivity (Wildman–Crippen MR) is 276 cm³/mol. The Balaban J connectivity index is 5.14. The Morgan fingerprint density at radius 2 is 0.884 bits per heavy atom. The molecular weight excluding hydrogens is 879 g/mol. The molecule has 1 N–H and O–H groups in total. The van der Waals surface area contributed by atoms with Gasteiger partial charge in [0.05, 0.1) is 32.3 Å². The van der Waals surface area contributed by atoms with Crippen LogP contribution in [0.25, 0.3) is 0 Å². The van der Waals surface area contributed by atoms with E-state index in [0.29, 0.717) is 58.2 Å². The van der Waals surface area contributed by atoms with Gasteiger partial charge in [-0.2, -0.15) is 0 Å². The van der Waals surface area contributed by atoms with Gasteiger partial charge in [0.1, 0.15) is 19.8 Å². The molecule has 0 fully saturated rings. The van der Waals surface area contributed by atoms with E-state index >= 15 is 0 Å². The van der Waals surface area contributed by atoms with E-state index in [1.807, 2.05) is 13.8 Å². The van der Waals surface area contributed by atoms with Gasteiger partial charge in [-0.25, -0.2) is 4.79 Å². The molecule has 13 nitrogen and oxygen atoms in total. The largest absolute Gasteiger partial charge is 0.508 e. The maximum absolute atomic E-state index is 13.0. The number of ether oxygens (including phenoxy) is 6. The summed E-state index contributed by atoms with van der Waals surface area (Å²) in [6.45, 7) is 12.3. The van der Waals surface area contributed by atoms with Crippen molar-refractivity contribution in [3.8, 4) is 0 Å². The number of carbonyl (C=O) groups excluding carboxylic acids is 5. The molecule has 1 unspecified atom stereocenters. The summed E-state index contributed by atoms with van der Waals surface area (Å²) < 4.78 is 33.0. The summed E-state index contributed by atoms with van der Waals surface area (Å²) in [6, 6.07) is 0.